The largest absolute Gasteiger partial charge is 0.489 e. The fourth-order valence-electron chi connectivity index (χ4n) is 2.34. The molecule has 0 radical (unpaired) electrons. The predicted molar refractivity (Wildman–Crippen MR) is 93.5 cm³/mol. The van der Waals surface area contributed by atoms with Gasteiger partial charge in [0, 0.05) is 11.8 Å². The number of anilines is 1. The van der Waals surface area contributed by atoms with Gasteiger partial charge in [0.2, 0.25) is 0 Å². The Kier molecular flexibility index (Phi) is 5.44. The minimum Gasteiger partial charge on any atom is -0.489 e. The number of aromatic nitrogens is 2. The molecule has 0 bridgehead atoms. The third-order valence-corrected chi connectivity index (χ3v) is 3.60. The highest BCUT2D eigenvalue weighted by Gasteiger charge is 2.28. The second kappa shape index (κ2) is 7.94. The summed E-state index contributed by atoms with van der Waals surface area (Å²) in [5.74, 6) is 0.157. The second-order valence-electron chi connectivity index (χ2n) is 5.79. The SMILES string of the molecule is O=C(Nc1cnn(CC(F)(F)F)c1)c1ccc(OCc2ccccc2)cc1. The average Bonchev–Trinajstić information content (AvgIpc) is 3.06. The minimum absolute atomic E-state index is 0.189. The number of amides is 1. The lowest BCUT2D eigenvalue weighted by atomic mass is 10.2. The van der Waals surface area contributed by atoms with Gasteiger partial charge in [0.1, 0.15) is 18.9 Å². The lowest BCUT2D eigenvalue weighted by molar-refractivity contribution is -0.142. The molecular formula is C19H16F3N3O2. The van der Waals surface area contributed by atoms with E-state index in [1.807, 2.05) is 30.3 Å². The van der Waals surface area contributed by atoms with Crippen LogP contribution in [0.5, 0.6) is 5.75 Å². The molecule has 3 aromatic rings. The van der Waals surface area contributed by atoms with Crippen LogP contribution in [0.25, 0.3) is 0 Å². The third-order valence-electron chi connectivity index (χ3n) is 3.60. The van der Waals surface area contributed by atoms with Crippen molar-refractivity contribution in [2.75, 3.05) is 5.32 Å². The predicted octanol–water partition coefficient (Wildman–Crippen LogP) is 4.28. The first-order valence-corrected chi connectivity index (χ1v) is 8.06. The van der Waals surface area contributed by atoms with Crippen LogP contribution in [0.15, 0.2) is 67.0 Å². The fraction of sp³-hybridized carbons (Fsp3) is 0.158. The van der Waals surface area contributed by atoms with Gasteiger partial charge in [0.05, 0.1) is 11.9 Å². The van der Waals surface area contributed by atoms with Crippen molar-refractivity contribution >= 4 is 11.6 Å². The van der Waals surface area contributed by atoms with Crippen molar-refractivity contribution < 1.29 is 22.7 Å². The molecule has 5 nitrogen and oxygen atoms in total. The van der Waals surface area contributed by atoms with Crippen LogP contribution >= 0.6 is 0 Å². The van der Waals surface area contributed by atoms with Gasteiger partial charge in [-0.3, -0.25) is 9.48 Å². The highest BCUT2D eigenvalue weighted by molar-refractivity contribution is 6.04. The van der Waals surface area contributed by atoms with E-state index in [-0.39, 0.29) is 5.69 Å². The summed E-state index contributed by atoms with van der Waals surface area (Å²) in [7, 11) is 0. The Morgan fingerprint density at radius 2 is 1.78 bits per heavy atom. The number of carbonyl (C=O) groups excluding carboxylic acids is 1. The quantitative estimate of drug-likeness (QED) is 0.700. The molecule has 0 fully saturated rings. The van der Waals surface area contributed by atoms with Crippen molar-refractivity contribution in [3.63, 3.8) is 0 Å². The fourth-order valence-corrected chi connectivity index (χ4v) is 2.34. The first-order chi connectivity index (χ1) is 12.9. The molecule has 0 aliphatic rings. The topological polar surface area (TPSA) is 56.2 Å². The maximum absolute atomic E-state index is 12.3. The molecule has 1 amide bonds. The van der Waals surface area contributed by atoms with Gasteiger partial charge < -0.3 is 10.1 Å². The van der Waals surface area contributed by atoms with Gasteiger partial charge in [-0.25, -0.2) is 0 Å². The number of benzene rings is 2. The number of nitrogens with zero attached hydrogens (tertiary/aromatic N) is 2. The zero-order valence-electron chi connectivity index (χ0n) is 14.1. The second-order valence-corrected chi connectivity index (χ2v) is 5.79. The standard InChI is InChI=1S/C19H16F3N3O2/c20-19(21,22)13-25-11-16(10-23-25)24-18(26)15-6-8-17(9-7-15)27-12-14-4-2-1-3-5-14/h1-11H,12-13H2,(H,24,26). The highest BCUT2D eigenvalue weighted by atomic mass is 19.4. The van der Waals surface area contributed by atoms with E-state index in [0.717, 1.165) is 16.4 Å². The summed E-state index contributed by atoms with van der Waals surface area (Å²) in [6.07, 6.45) is -2.08. The van der Waals surface area contributed by atoms with Crippen LogP contribution in [0.3, 0.4) is 0 Å². The summed E-state index contributed by atoms with van der Waals surface area (Å²) in [5.41, 5.74) is 1.56. The summed E-state index contributed by atoms with van der Waals surface area (Å²) in [5, 5.41) is 6.09. The number of hydrogen-bond donors (Lipinski definition) is 1. The molecule has 8 heteroatoms. The van der Waals surface area contributed by atoms with Crippen LogP contribution < -0.4 is 10.1 Å². The van der Waals surface area contributed by atoms with Crippen molar-refractivity contribution in [3.8, 4) is 5.75 Å². The monoisotopic (exact) mass is 375 g/mol. The summed E-state index contributed by atoms with van der Waals surface area (Å²) in [6.45, 7) is -0.804. The number of nitrogens with one attached hydrogen (secondary N) is 1. The van der Waals surface area contributed by atoms with E-state index in [9.17, 15) is 18.0 Å². The van der Waals surface area contributed by atoms with Gasteiger partial charge in [0.15, 0.2) is 0 Å². The van der Waals surface area contributed by atoms with Crippen molar-refractivity contribution in [1.29, 1.82) is 0 Å². The smallest absolute Gasteiger partial charge is 0.408 e. The molecule has 3 rings (SSSR count). The summed E-state index contributed by atoms with van der Waals surface area (Å²) < 4.78 is 43.3. The number of halogens is 3. The minimum atomic E-state index is -4.37. The van der Waals surface area contributed by atoms with Crippen LogP contribution in [0.2, 0.25) is 0 Å². The third kappa shape index (κ3) is 5.60. The molecule has 0 aliphatic heterocycles. The summed E-state index contributed by atoms with van der Waals surface area (Å²) in [6, 6.07) is 16.1. The Balaban J connectivity index is 1.56. The van der Waals surface area contributed by atoms with Crippen molar-refractivity contribution in [3.05, 3.63) is 78.1 Å². The molecule has 1 heterocycles. The van der Waals surface area contributed by atoms with Gasteiger partial charge in [0.25, 0.3) is 5.91 Å². The Morgan fingerprint density at radius 1 is 1.07 bits per heavy atom. The summed E-state index contributed by atoms with van der Waals surface area (Å²) in [4.78, 5) is 12.2. The van der Waals surface area contributed by atoms with Gasteiger partial charge in [-0.05, 0) is 29.8 Å². The summed E-state index contributed by atoms with van der Waals surface area (Å²) >= 11 is 0. The molecule has 1 aromatic heterocycles. The molecule has 1 N–H and O–H groups in total. The molecular weight excluding hydrogens is 359 g/mol. The van der Waals surface area contributed by atoms with E-state index >= 15 is 0 Å². The molecule has 0 spiro atoms. The number of rotatable bonds is 6. The van der Waals surface area contributed by atoms with E-state index in [1.165, 1.54) is 6.20 Å². The Labute approximate surface area is 153 Å². The molecule has 2 aromatic carbocycles. The number of carbonyl (C=O) groups is 1. The van der Waals surface area contributed by atoms with Crippen LogP contribution in [-0.2, 0) is 13.2 Å². The van der Waals surface area contributed by atoms with Crippen molar-refractivity contribution in [2.45, 2.75) is 19.3 Å². The highest BCUT2D eigenvalue weighted by Crippen LogP contribution is 2.19. The van der Waals surface area contributed by atoms with Crippen LogP contribution in [0, 0.1) is 0 Å². The van der Waals surface area contributed by atoms with Crippen LogP contribution in [-0.4, -0.2) is 21.9 Å². The van der Waals surface area contributed by atoms with Gasteiger partial charge in [-0.2, -0.15) is 18.3 Å². The lowest BCUT2D eigenvalue weighted by Crippen LogP contribution is -2.18. The van der Waals surface area contributed by atoms with Crippen LogP contribution in [0.1, 0.15) is 15.9 Å². The molecule has 0 atom stereocenters. The van der Waals surface area contributed by atoms with E-state index in [4.69, 9.17) is 4.74 Å². The van der Waals surface area contributed by atoms with E-state index in [1.54, 1.807) is 24.3 Å². The average molecular weight is 375 g/mol. The first kappa shape index (κ1) is 18.5. The maximum atomic E-state index is 12.3. The zero-order chi connectivity index (χ0) is 19.3. The molecule has 0 unspecified atom stereocenters. The van der Waals surface area contributed by atoms with Crippen LogP contribution in [0.4, 0.5) is 18.9 Å². The Hall–Kier alpha value is -3.29. The van der Waals surface area contributed by atoms with Gasteiger partial charge >= 0.3 is 6.18 Å². The maximum Gasteiger partial charge on any atom is 0.408 e. The molecule has 0 saturated heterocycles. The number of alkyl halides is 3. The molecule has 0 saturated carbocycles. The van der Waals surface area contributed by atoms with Crippen molar-refractivity contribution in [2.24, 2.45) is 0 Å². The molecule has 0 aliphatic carbocycles. The number of ether oxygens (including phenoxy) is 1. The van der Waals surface area contributed by atoms with E-state index < -0.39 is 18.6 Å². The Morgan fingerprint density at radius 3 is 2.44 bits per heavy atom. The zero-order valence-corrected chi connectivity index (χ0v) is 14.1. The normalized spacial score (nSPS) is 11.2. The number of hydrogen-bond acceptors (Lipinski definition) is 3. The van der Waals surface area contributed by atoms with Gasteiger partial charge in [-0.15, -0.1) is 0 Å². The molecule has 27 heavy (non-hydrogen) atoms. The van der Waals surface area contributed by atoms with Crippen molar-refractivity contribution in [1.82, 2.24) is 9.78 Å². The van der Waals surface area contributed by atoms with Gasteiger partial charge in [-0.1, -0.05) is 30.3 Å². The van der Waals surface area contributed by atoms with E-state index in [2.05, 4.69) is 10.4 Å². The first-order valence-electron chi connectivity index (χ1n) is 8.06. The molecule has 140 valence electrons. The lowest BCUT2D eigenvalue weighted by Gasteiger charge is -2.07. The Bertz CT molecular complexity index is 891. The van der Waals surface area contributed by atoms with E-state index in [0.29, 0.717) is 17.9 Å².